The minimum atomic E-state index is 0.0685. The molecule has 6 heteroatoms. The van der Waals surface area contributed by atoms with Crippen molar-refractivity contribution in [2.75, 3.05) is 19.7 Å². The van der Waals surface area contributed by atoms with Gasteiger partial charge in [0.25, 0.3) is 0 Å². The number of urea groups is 1. The number of piperidine rings is 1. The second-order valence-corrected chi connectivity index (χ2v) is 8.11. The molecule has 1 unspecified atom stereocenters. The Morgan fingerprint density at radius 1 is 1.45 bits per heavy atom. The summed E-state index contributed by atoms with van der Waals surface area (Å²) in [7, 11) is 0. The molecular weight excluding hydrogens is 298 g/mol. The van der Waals surface area contributed by atoms with Gasteiger partial charge < -0.3 is 15.0 Å². The van der Waals surface area contributed by atoms with Crippen LogP contribution in [0.4, 0.5) is 4.79 Å². The van der Waals surface area contributed by atoms with Gasteiger partial charge in [-0.25, -0.2) is 9.78 Å². The van der Waals surface area contributed by atoms with E-state index in [2.05, 4.69) is 17.2 Å². The van der Waals surface area contributed by atoms with Crippen LogP contribution in [0.1, 0.15) is 48.0 Å². The van der Waals surface area contributed by atoms with E-state index >= 15 is 0 Å². The third-order valence-electron chi connectivity index (χ3n) is 5.21. The number of carbonyl (C=O) groups excluding carboxylic acids is 1. The zero-order valence-corrected chi connectivity index (χ0v) is 13.8. The molecule has 2 aliphatic heterocycles. The lowest BCUT2D eigenvalue weighted by Crippen LogP contribution is -2.55. The number of thiazole rings is 1. The van der Waals surface area contributed by atoms with Crippen molar-refractivity contribution in [3.8, 4) is 0 Å². The third-order valence-corrected chi connectivity index (χ3v) is 6.20. The van der Waals surface area contributed by atoms with E-state index in [1.54, 1.807) is 11.3 Å². The number of aromatic nitrogens is 1. The molecule has 1 atom stereocenters. The lowest BCUT2D eigenvalue weighted by atomic mass is 9.84. The predicted octanol–water partition coefficient (Wildman–Crippen LogP) is 2.87. The highest BCUT2D eigenvalue weighted by molar-refractivity contribution is 7.11. The molecule has 1 aromatic heterocycles. The molecule has 4 rings (SSSR count). The monoisotopic (exact) mass is 321 g/mol. The van der Waals surface area contributed by atoms with Crippen molar-refractivity contribution in [3.63, 3.8) is 0 Å². The lowest BCUT2D eigenvalue weighted by Gasteiger charge is -2.47. The summed E-state index contributed by atoms with van der Waals surface area (Å²) in [6.07, 6.45) is 7.41. The van der Waals surface area contributed by atoms with Crippen molar-refractivity contribution in [2.45, 2.75) is 50.7 Å². The van der Waals surface area contributed by atoms with Crippen LogP contribution in [0.25, 0.3) is 0 Å². The topological polar surface area (TPSA) is 54.5 Å². The molecule has 2 saturated heterocycles. The molecule has 1 saturated carbocycles. The molecule has 1 N–H and O–H groups in total. The first kappa shape index (κ1) is 14.5. The zero-order valence-electron chi connectivity index (χ0n) is 13.0. The average molecular weight is 321 g/mol. The SMILES string of the molecule is Cc1cnc(C(NC(=O)N2CCC3(CCO3)CC2)C2CC2)s1. The summed E-state index contributed by atoms with van der Waals surface area (Å²) in [6, 6.07) is 0.168. The van der Waals surface area contributed by atoms with Crippen LogP contribution in [-0.2, 0) is 4.74 Å². The number of aryl methyl sites for hydroxylation is 1. The fraction of sp³-hybridized carbons (Fsp3) is 0.750. The fourth-order valence-corrected chi connectivity index (χ4v) is 4.37. The molecular formula is C16H23N3O2S. The van der Waals surface area contributed by atoms with Crippen LogP contribution in [0.3, 0.4) is 0 Å². The number of hydrogen-bond donors (Lipinski definition) is 1. The standard InChI is InChI=1S/C16H23N3O2S/c1-11-10-17-14(22-11)13(12-2-3-12)18-15(20)19-7-4-16(5-8-19)6-9-21-16/h10,12-13H,2-9H2,1H3,(H,18,20). The van der Waals surface area contributed by atoms with E-state index in [0.717, 1.165) is 44.0 Å². The van der Waals surface area contributed by atoms with Gasteiger partial charge in [0.2, 0.25) is 0 Å². The molecule has 1 aromatic rings. The van der Waals surface area contributed by atoms with E-state index in [0.29, 0.717) is 5.92 Å². The van der Waals surface area contributed by atoms with Crippen molar-refractivity contribution in [2.24, 2.45) is 5.92 Å². The molecule has 0 bridgehead atoms. The Hall–Kier alpha value is -1.14. The van der Waals surface area contributed by atoms with Crippen LogP contribution >= 0.6 is 11.3 Å². The van der Waals surface area contributed by atoms with Gasteiger partial charge in [0.05, 0.1) is 18.2 Å². The van der Waals surface area contributed by atoms with Gasteiger partial charge in [-0.1, -0.05) is 0 Å². The highest BCUT2D eigenvalue weighted by atomic mass is 32.1. The van der Waals surface area contributed by atoms with E-state index < -0.39 is 0 Å². The highest BCUT2D eigenvalue weighted by Gasteiger charge is 2.43. The van der Waals surface area contributed by atoms with Crippen molar-refractivity contribution in [1.82, 2.24) is 15.2 Å². The predicted molar refractivity (Wildman–Crippen MR) is 85.0 cm³/mol. The molecule has 3 fully saturated rings. The van der Waals surface area contributed by atoms with Crippen molar-refractivity contribution >= 4 is 17.4 Å². The minimum absolute atomic E-state index is 0.0685. The van der Waals surface area contributed by atoms with Crippen LogP contribution < -0.4 is 5.32 Å². The summed E-state index contributed by atoms with van der Waals surface area (Å²) in [5, 5.41) is 4.30. The number of ether oxygens (including phenoxy) is 1. The molecule has 3 aliphatic rings. The Balaban J connectivity index is 1.38. The van der Waals surface area contributed by atoms with Gasteiger partial charge in [0, 0.05) is 24.2 Å². The van der Waals surface area contributed by atoms with Crippen molar-refractivity contribution in [3.05, 3.63) is 16.1 Å². The van der Waals surface area contributed by atoms with Crippen LogP contribution in [-0.4, -0.2) is 41.2 Å². The summed E-state index contributed by atoms with van der Waals surface area (Å²) in [5.41, 5.74) is 0.0963. The van der Waals surface area contributed by atoms with Gasteiger partial charge in [-0.3, -0.25) is 0 Å². The van der Waals surface area contributed by atoms with Gasteiger partial charge in [0.1, 0.15) is 5.01 Å². The highest BCUT2D eigenvalue weighted by Crippen LogP contribution is 2.42. The van der Waals surface area contributed by atoms with E-state index in [4.69, 9.17) is 4.74 Å². The van der Waals surface area contributed by atoms with E-state index in [1.807, 2.05) is 11.1 Å². The van der Waals surface area contributed by atoms with Crippen LogP contribution in [0, 0.1) is 12.8 Å². The van der Waals surface area contributed by atoms with Gasteiger partial charge in [0.15, 0.2) is 0 Å². The largest absolute Gasteiger partial charge is 0.375 e. The smallest absolute Gasteiger partial charge is 0.317 e. The number of rotatable bonds is 3. The van der Waals surface area contributed by atoms with Gasteiger partial charge >= 0.3 is 6.03 Å². The third kappa shape index (κ3) is 2.74. The van der Waals surface area contributed by atoms with Crippen LogP contribution in [0.5, 0.6) is 0 Å². The first-order valence-electron chi connectivity index (χ1n) is 8.27. The molecule has 5 nitrogen and oxygen atoms in total. The Morgan fingerprint density at radius 3 is 2.68 bits per heavy atom. The zero-order chi connectivity index (χ0) is 15.2. The summed E-state index contributed by atoms with van der Waals surface area (Å²) in [6.45, 7) is 4.56. The number of hydrogen-bond acceptors (Lipinski definition) is 4. The molecule has 3 heterocycles. The first-order valence-corrected chi connectivity index (χ1v) is 9.09. The summed E-state index contributed by atoms with van der Waals surface area (Å²) in [4.78, 5) is 20.2. The molecule has 22 heavy (non-hydrogen) atoms. The average Bonchev–Trinajstić information content (AvgIpc) is 3.24. The maximum absolute atomic E-state index is 12.6. The Morgan fingerprint density at radius 2 is 2.18 bits per heavy atom. The number of nitrogens with zero attached hydrogens (tertiary/aromatic N) is 2. The quantitative estimate of drug-likeness (QED) is 0.931. The van der Waals surface area contributed by atoms with Crippen molar-refractivity contribution < 1.29 is 9.53 Å². The summed E-state index contributed by atoms with van der Waals surface area (Å²) < 4.78 is 5.72. The second kappa shape index (κ2) is 5.49. The maximum atomic E-state index is 12.6. The van der Waals surface area contributed by atoms with E-state index in [-0.39, 0.29) is 17.7 Å². The van der Waals surface area contributed by atoms with Gasteiger partial charge in [-0.2, -0.15) is 0 Å². The molecule has 1 aliphatic carbocycles. The fourth-order valence-electron chi connectivity index (χ4n) is 3.45. The molecule has 120 valence electrons. The Bertz CT molecular complexity index is 555. The molecule has 0 aromatic carbocycles. The normalized spacial score (nSPS) is 24.9. The summed E-state index contributed by atoms with van der Waals surface area (Å²) >= 11 is 1.70. The van der Waals surface area contributed by atoms with E-state index in [9.17, 15) is 4.79 Å². The van der Waals surface area contributed by atoms with E-state index in [1.165, 1.54) is 17.7 Å². The number of amides is 2. The minimum Gasteiger partial charge on any atom is -0.375 e. The molecule has 0 radical (unpaired) electrons. The van der Waals surface area contributed by atoms with Crippen molar-refractivity contribution in [1.29, 1.82) is 0 Å². The number of carbonyl (C=O) groups is 1. The number of likely N-dealkylation sites (tertiary alicyclic amines) is 1. The lowest BCUT2D eigenvalue weighted by molar-refractivity contribution is -0.169. The first-order chi connectivity index (χ1) is 10.7. The van der Waals surface area contributed by atoms with Gasteiger partial charge in [-0.05, 0) is 44.9 Å². The Labute approximate surface area is 135 Å². The second-order valence-electron chi connectivity index (χ2n) is 6.84. The molecule has 1 spiro atoms. The summed E-state index contributed by atoms with van der Waals surface area (Å²) in [5.74, 6) is 0.570. The van der Waals surface area contributed by atoms with Crippen LogP contribution in [0.15, 0.2) is 6.20 Å². The molecule has 2 amide bonds. The maximum Gasteiger partial charge on any atom is 0.317 e. The Kier molecular flexibility index (Phi) is 3.61. The van der Waals surface area contributed by atoms with Crippen LogP contribution in [0.2, 0.25) is 0 Å². The number of nitrogens with one attached hydrogen (secondary N) is 1. The van der Waals surface area contributed by atoms with Gasteiger partial charge in [-0.15, -0.1) is 11.3 Å².